The molecule has 3 aromatic rings. The second kappa shape index (κ2) is 12.5. The lowest BCUT2D eigenvalue weighted by atomic mass is 9.98. The fourth-order valence-corrected chi connectivity index (χ4v) is 5.30. The van der Waals surface area contributed by atoms with Crippen LogP contribution >= 0.6 is 11.3 Å². The van der Waals surface area contributed by atoms with Gasteiger partial charge in [0.25, 0.3) is 5.91 Å². The maximum Gasteiger partial charge on any atom is 0.325 e. The van der Waals surface area contributed by atoms with Crippen molar-refractivity contribution in [1.82, 2.24) is 15.2 Å². The number of nitrogens with one attached hydrogen (secondary N) is 2. The van der Waals surface area contributed by atoms with Gasteiger partial charge in [-0.25, -0.2) is 9.78 Å². The summed E-state index contributed by atoms with van der Waals surface area (Å²) in [7, 11) is 0. The Balaban J connectivity index is 1.34. The van der Waals surface area contributed by atoms with Crippen molar-refractivity contribution in [2.24, 2.45) is 0 Å². The van der Waals surface area contributed by atoms with Gasteiger partial charge in [-0.2, -0.15) is 0 Å². The minimum atomic E-state index is -0.448. The summed E-state index contributed by atoms with van der Waals surface area (Å²) in [5, 5.41) is 8.33. The molecule has 0 spiro atoms. The highest BCUT2D eigenvalue weighted by atomic mass is 32.1. The van der Waals surface area contributed by atoms with Crippen LogP contribution in [0, 0.1) is 0 Å². The van der Waals surface area contributed by atoms with Gasteiger partial charge in [0, 0.05) is 35.6 Å². The standard InChI is InChI=1S/C28H32N4O4S/c1-3-19-9-11-20(12-10-19)22-7-5-6-8-23(22)30-26(34)24-18-37-27(31-24)21-13-15-32(16-14-21)28(35)29-17-25(33)36-4-2/h5-12,18,21H,3-4,13-17H2,1-2H3,(H,29,35)(H,30,34). The molecule has 4 rings (SSSR count). The molecule has 37 heavy (non-hydrogen) atoms. The third-order valence-electron chi connectivity index (χ3n) is 6.42. The van der Waals surface area contributed by atoms with Crippen molar-refractivity contribution in [3.05, 3.63) is 70.2 Å². The SMILES string of the molecule is CCOC(=O)CNC(=O)N1CCC(c2nc(C(=O)Nc3ccccc3-c3ccc(CC)cc3)cs2)CC1. The fraction of sp³-hybridized carbons (Fsp3) is 0.357. The molecule has 1 aliphatic rings. The molecule has 8 nitrogen and oxygen atoms in total. The molecule has 3 amide bonds. The van der Waals surface area contributed by atoms with Crippen LogP contribution in [0.5, 0.6) is 0 Å². The van der Waals surface area contributed by atoms with Crippen LogP contribution in [0.3, 0.4) is 0 Å². The number of para-hydroxylation sites is 1. The number of urea groups is 1. The quantitative estimate of drug-likeness (QED) is 0.404. The van der Waals surface area contributed by atoms with Crippen LogP contribution in [-0.2, 0) is 16.0 Å². The lowest BCUT2D eigenvalue weighted by molar-refractivity contribution is -0.141. The maximum absolute atomic E-state index is 13.0. The smallest absolute Gasteiger partial charge is 0.325 e. The van der Waals surface area contributed by atoms with Crippen LogP contribution in [-0.4, -0.2) is 54.0 Å². The highest BCUT2D eigenvalue weighted by Crippen LogP contribution is 2.32. The second-order valence-corrected chi connectivity index (χ2v) is 9.74. The Kier molecular flexibility index (Phi) is 8.90. The number of nitrogens with zero attached hydrogens (tertiary/aromatic N) is 2. The number of esters is 1. The average Bonchev–Trinajstić information content (AvgIpc) is 3.43. The zero-order chi connectivity index (χ0) is 26.2. The van der Waals surface area contributed by atoms with E-state index in [1.807, 2.05) is 24.3 Å². The molecule has 2 heterocycles. The van der Waals surface area contributed by atoms with E-state index in [1.165, 1.54) is 16.9 Å². The fourth-order valence-electron chi connectivity index (χ4n) is 4.33. The van der Waals surface area contributed by atoms with Crippen molar-refractivity contribution in [3.8, 4) is 11.1 Å². The van der Waals surface area contributed by atoms with E-state index in [1.54, 1.807) is 17.2 Å². The van der Waals surface area contributed by atoms with Crippen molar-refractivity contribution in [1.29, 1.82) is 0 Å². The van der Waals surface area contributed by atoms with E-state index in [9.17, 15) is 14.4 Å². The van der Waals surface area contributed by atoms with E-state index in [-0.39, 0.29) is 31.0 Å². The van der Waals surface area contributed by atoms with Crippen LogP contribution < -0.4 is 10.6 Å². The Morgan fingerprint density at radius 2 is 1.78 bits per heavy atom. The van der Waals surface area contributed by atoms with Gasteiger partial charge >= 0.3 is 12.0 Å². The van der Waals surface area contributed by atoms with Crippen LogP contribution in [0.25, 0.3) is 11.1 Å². The zero-order valence-electron chi connectivity index (χ0n) is 21.2. The summed E-state index contributed by atoms with van der Waals surface area (Å²) in [4.78, 5) is 43.1. The second-order valence-electron chi connectivity index (χ2n) is 8.85. The zero-order valence-corrected chi connectivity index (χ0v) is 22.0. The molecule has 2 aromatic carbocycles. The molecule has 0 aliphatic carbocycles. The molecule has 2 N–H and O–H groups in total. The van der Waals surface area contributed by atoms with Crippen LogP contribution in [0.2, 0.25) is 0 Å². The summed E-state index contributed by atoms with van der Waals surface area (Å²) in [6.07, 6.45) is 2.47. The number of aromatic nitrogens is 1. The number of benzene rings is 2. The number of hydrogen-bond acceptors (Lipinski definition) is 6. The minimum absolute atomic E-state index is 0.134. The molecule has 0 radical (unpaired) electrons. The normalized spacial score (nSPS) is 13.7. The summed E-state index contributed by atoms with van der Waals surface area (Å²) < 4.78 is 4.84. The van der Waals surface area contributed by atoms with Gasteiger partial charge in [-0.3, -0.25) is 9.59 Å². The lowest BCUT2D eigenvalue weighted by Gasteiger charge is -2.31. The van der Waals surface area contributed by atoms with Gasteiger partial charge in [0.05, 0.1) is 11.6 Å². The van der Waals surface area contributed by atoms with Crippen LogP contribution in [0.15, 0.2) is 53.9 Å². The van der Waals surface area contributed by atoms with E-state index in [0.29, 0.717) is 18.8 Å². The predicted molar refractivity (Wildman–Crippen MR) is 145 cm³/mol. The number of thiazole rings is 1. The van der Waals surface area contributed by atoms with Crippen LogP contribution in [0.1, 0.15) is 53.7 Å². The Morgan fingerprint density at radius 3 is 2.49 bits per heavy atom. The first-order valence-electron chi connectivity index (χ1n) is 12.6. The highest BCUT2D eigenvalue weighted by Gasteiger charge is 2.26. The first-order valence-corrected chi connectivity index (χ1v) is 13.5. The van der Waals surface area contributed by atoms with Gasteiger partial charge in [0.2, 0.25) is 0 Å². The monoisotopic (exact) mass is 520 g/mol. The van der Waals surface area contributed by atoms with Gasteiger partial charge in [0.1, 0.15) is 12.2 Å². The van der Waals surface area contributed by atoms with Crippen molar-refractivity contribution in [3.63, 3.8) is 0 Å². The summed E-state index contributed by atoms with van der Waals surface area (Å²) in [5.74, 6) is -0.503. The molecule has 1 saturated heterocycles. The van der Waals surface area contributed by atoms with Gasteiger partial charge < -0.3 is 20.3 Å². The van der Waals surface area contributed by atoms with Crippen molar-refractivity contribution in [2.45, 2.75) is 39.0 Å². The number of ether oxygens (including phenoxy) is 1. The minimum Gasteiger partial charge on any atom is -0.465 e. The molecule has 0 bridgehead atoms. The van der Waals surface area contributed by atoms with Crippen molar-refractivity contribution < 1.29 is 19.1 Å². The molecule has 9 heteroatoms. The number of piperidine rings is 1. The summed E-state index contributed by atoms with van der Waals surface area (Å²) in [5.41, 5.74) is 4.41. The molecule has 1 aromatic heterocycles. The topological polar surface area (TPSA) is 101 Å². The molecular formula is C28H32N4O4S. The van der Waals surface area contributed by atoms with Gasteiger partial charge in [0.15, 0.2) is 0 Å². The molecule has 0 saturated carbocycles. The van der Waals surface area contributed by atoms with E-state index >= 15 is 0 Å². The first kappa shape index (κ1) is 26.3. The summed E-state index contributed by atoms with van der Waals surface area (Å²) >= 11 is 1.48. The van der Waals surface area contributed by atoms with Gasteiger partial charge in [-0.05, 0) is 43.4 Å². The number of carbonyl (C=O) groups is 3. The number of anilines is 1. The molecule has 1 fully saturated rings. The Labute approximate surface area is 221 Å². The van der Waals surface area contributed by atoms with E-state index in [2.05, 4.69) is 46.8 Å². The number of amides is 3. The van der Waals surface area contributed by atoms with Gasteiger partial charge in [-0.15, -0.1) is 11.3 Å². The van der Waals surface area contributed by atoms with E-state index in [4.69, 9.17) is 4.74 Å². The van der Waals surface area contributed by atoms with Gasteiger partial charge in [-0.1, -0.05) is 49.4 Å². The van der Waals surface area contributed by atoms with Crippen molar-refractivity contribution in [2.75, 3.05) is 31.6 Å². The molecular weight excluding hydrogens is 488 g/mol. The number of hydrogen-bond donors (Lipinski definition) is 2. The number of likely N-dealkylation sites (tertiary alicyclic amines) is 1. The predicted octanol–water partition coefficient (Wildman–Crippen LogP) is 5.08. The lowest BCUT2D eigenvalue weighted by Crippen LogP contribution is -2.45. The van der Waals surface area contributed by atoms with Crippen molar-refractivity contribution >= 4 is 34.9 Å². The third kappa shape index (κ3) is 6.74. The molecule has 1 aliphatic heterocycles. The summed E-state index contributed by atoms with van der Waals surface area (Å²) in [6, 6.07) is 15.9. The van der Waals surface area contributed by atoms with E-state index in [0.717, 1.165) is 41.1 Å². The summed E-state index contributed by atoms with van der Waals surface area (Å²) in [6.45, 7) is 5.12. The number of rotatable bonds is 8. The third-order valence-corrected chi connectivity index (χ3v) is 7.43. The highest BCUT2D eigenvalue weighted by molar-refractivity contribution is 7.10. The molecule has 0 unspecified atom stereocenters. The Morgan fingerprint density at radius 1 is 1.05 bits per heavy atom. The Bertz CT molecular complexity index is 1230. The maximum atomic E-state index is 13.0. The largest absolute Gasteiger partial charge is 0.465 e. The Hall–Kier alpha value is -3.72. The van der Waals surface area contributed by atoms with E-state index < -0.39 is 5.97 Å². The van der Waals surface area contributed by atoms with Crippen LogP contribution in [0.4, 0.5) is 10.5 Å². The number of carbonyl (C=O) groups excluding carboxylic acids is 3. The average molecular weight is 521 g/mol. The molecule has 194 valence electrons. The molecule has 0 atom stereocenters. The first-order chi connectivity index (χ1) is 18.0. The number of aryl methyl sites for hydroxylation is 1.